The van der Waals surface area contributed by atoms with E-state index in [1.165, 1.54) is 56.3 Å². The maximum Gasteiger partial charge on any atom is 0.350 e. The molecule has 1 N–H and O–H groups in total. The minimum Gasteiger partial charge on any atom is -0.462 e. The summed E-state index contributed by atoms with van der Waals surface area (Å²) in [6.45, 7) is 6.08. The Kier molecular flexibility index (Phi) is 11.1. The monoisotopic (exact) mass is 368 g/mol. The topological polar surface area (TPSA) is 68.3 Å². The van der Waals surface area contributed by atoms with Gasteiger partial charge >= 0.3 is 5.97 Å². The van der Waals surface area contributed by atoms with Gasteiger partial charge in [-0.3, -0.25) is 4.79 Å². The number of hydrogen-bond donors (Lipinski definition) is 1. The summed E-state index contributed by atoms with van der Waals surface area (Å²) < 4.78 is 4.98. The molecule has 142 valence electrons. The van der Waals surface area contributed by atoms with E-state index in [4.69, 9.17) is 4.74 Å². The zero-order valence-corrected chi connectivity index (χ0v) is 16.7. The molecule has 0 radical (unpaired) electrons. The molecule has 0 aromatic carbocycles. The van der Waals surface area contributed by atoms with E-state index in [-0.39, 0.29) is 11.9 Å². The quantitative estimate of drug-likeness (QED) is 0.369. The Hall–Kier alpha value is -1.43. The maximum absolute atomic E-state index is 12.0. The zero-order valence-electron chi connectivity index (χ0n) is 15.9. The van der Waals surface area contributed by atoms with E-state index < -0.39 is 0 Å². The highest BCUT2D eigenvalue weighted by Crippen LogP contribution is 2.23. The SMILES string of the molecule is CCCCCCCCCCCC(=O)Nc1nc(C)c(C(=O)OCC)s1. The second-order valence-electron chi connectivity index (χ2n) is 6.28. The Morgan fingerprint density at radius 2 is 1.60 bits per heavy atom. The summed E-state index contributed by atoms with van der Waals surface area (Å²) in [5, 5.41) is 3.26. The van der Waals surface area contributed by atoms with Gasteiger partial charge in [0.25, 0.3) is 0 Å². The molecule has 0 atom stereocenters. The third-order valence-electron chi connectivity index (χ3n) is 4.01. The van der Waals surface area contributed by atoms with Crippen molar-refractivity contribution in [1.29, 1.82) is 0 Å². The molecule has 0 bridgehead atoms. The molecule has 1 heterocycles. The van der Waals surface area contributed by atoms with Gasteiger partial charge in [-0.1, -0.05) is 69.6 Å². The number of rotatable bonds is 13. The van der Waals surface area contributed by atoms with Crippen LogP contribution in [0, 0.1) is 6.92 Å². The van der Waals surface area contributed by atoms with Crippen molar-refractivity contribution < 1.29 is 14.3 Å². The van der Waals surface area contributed by atoms with Crippen LogP contribution in [0.1, 0.15) is 93.4 Å². The number of hydrogen-bond acceptors (Lipinski definition) is 5. The molecular weight excluding hydrogens is 336 g/mol. The summed E-state index contributed by atoms with van der Waals surface area (Å²) in [7, 11) is 0. The number of aromatic nitrogens is 1. The summed E-state index contributed by atoms with van der Waals surface area (Å²) in [6, 6.07) is 0. The average Bonchev–Trinajstić information content (AvgIpc) is 2.94. The van der Waals surface area contributed by atoms with Crippen LogP contribution in [-0.2, 0) is 9.53 Å². The molecule has 1 amide bonds. The maximum atomic E-state index is 12.0. The summed E-state index contributed by atoms with van der Waals surface area (Å²) >= 11 is 1.18. The van der Waals surface area contributed by atoms with Gasteiger partial charge in [0.2, 0.25) is 5.91 Å². The number of anilines is 1. The number of thiazole rings is 1. The first kappa shape index (κ1) is 21.6. The van der Waals surface area contributed by atoms with E-state index in [0.717, 1.165) is 12.8 Å². The minimum absolute atomic E-state index is 0.0351. The first-order chi connectivity index (χ1) is 12.1. The van der Waals surface area contributed by atoms with Gasteiger partial charge in [0.15, 0.2) is 5.13 Å². The third kappa shape index (κ3) is 9.00. The number of aryl methyl sites for hydroxylation is 1. The van der Waals surface area contributed by atoms with Gasteiger partial charge in [-0.05, 0) is 20.3 Å². The summed E-state index contributed by atoms with van der Waals surface area (Å²) in [5.41, 5.74) is 0.599. The Balaban J connectivity index is 2.18. The van der Waals surface area contributed by atoms with Crippen molar-refractivity contribution >= 4 is 28.3 Å². The molecular formula is C19H32N2O3S. The van der Waals surface area contributed by atoms with Crippen LogP contribution in [0.25, 0.3) is 0 Å². The Morgan fingerprint density at radius 1 is 1.00 bits per heavy atom. The van der Waals surface area contributed by atoms with Crippen LogP contribution in [0.5, 0.6) is 0 Å². The molecule has 0 saturated heterocycles. The fourth-order valence-corrected chi connectivity index (χ4v) is 3.49. The van der Waals surface area contributed by atoms with Crippen LogP contribution in [0.4, 0.5) is 5.13 Å². The molecule has 0 fully saturated rings. The lowest BCUT2D eigenvalue weighted by Crippen LogP contribution is -2.10. The Labute approximate surface area is 155 Å². The predicted octanol–water partition coefficient (Wildman–Crippen LogP) is 5.49. The number of carbonyl (C=O) groups is 2. The van der Waals surface area contributed by atoms with Crippen molar-refractivity contribution in [3.8, 4) is 0 Å². The number of nitrogens with zero attached hydrogens (tertiary/aromatic N) is 1. The van der Waals surface area contributed by atoms with Crippen molar-refractivity contribution in [2.45, 2.75) is 85.0 Å². The van der Waals surface area contributed by atoms with E-state index in [1.807, 2.05) is 0 Å². The van der Waals surface area contributed by atoms with Crippen LogP contribution in [0.3, 0.4) is 0 Å². The number of carbonyl (C=O) groups excluding carboxylic acids is 2. The van der Waals surface area contributed by atoms with Gasteiger partial charge in [-0.25, -0.2) is 9.78 Å². The smallest absolute Gasteiger partial charge is 0.350 e. The molecule has 1 rings (SSSR count). The van der Waals surface area contributed by atoms with Gasteiger partial charge in [0.05, 0.1) is 12.3 Å². The van der Waals surface area contributed by atoms with Crippen LogP contribution in [0.15, 0.2) is 0 Å². The van der Waals surface area contributed by atoms with E-state index in [0.29, 0.717) is 28.7 Å². The fourth-order valence-electron chi connectivity index (χ4n) is 2.61. The molecule has 1 aromatic rings. The summed E-state index contributed by atoms with van der Waals surface area (Å²) in [4.78, 5) is 28.4. The standard InChI is InChI=1S/C19H32N2O3S/c1-4-6-7-8-9-10-11-12-13-14-16(22)21-19-20-15(3)17(25-19)18(23)24-5-2/h4-14H2,1-3H3,(H,20,21,22). The lowest BCUT2D eigenvalue weighted by atomic mass is 10.1. The fraction of sp³-hybridized carbons (Fsp3) is 0.737. The Bertz CT molecular complexity index is 529. The molecule has 25 heavy (non-hydrogen) atoms. The number of amides is 1. The zero-order chi connectivity index (χ0) is 18.5. The van der Waals surface area contributed by atoms with E-state index in [1.54, 1.807) is 13.8 Å². The molecule has 0 aliphatic carbocycles. The number of unbranched alkanes of at least 4 members (excludes halogenated alkanes) is 8. The molecule has 5 nitrogen and oxygen atoms in total. The van der Waals surface area contributed by atoms with Crippen molar-refractivity contribution in [2.24, 2.45) is 0 Å². The first-order valence-electron chi connectivity index (χ1n) is 9.52. The second-order valence-corrected chi connectivity index (χ2v) is 7.28. The highest BCUT2D eigenvalue weighted by atomic mass is 32.1. The average molecular weight is 369 g/mol. The van der Waals surface area contributed by atoms with Crippen molar-refractivity contribution in [3.63, 3.8) is 0 Å². The lowest BCUT2D eigenvalue weighted by molar-refractivity contribution is -0.116. The second kappa shape index (κ2) is 12.9. The first-order valence-corrected chi connectivity index (χ1v) is 10.3. The van der Waals surface area contributed by atoms with E-state index in [2.05, 4.69) is 17.2 Å². The Morgan fingerprint density at radius 3 is 2.20 bits per heavy atom. The van der Waals surface area contributed by atoms with E-state index in [9.17, 15) is 9.59 Å². The van der Waals surface area contributed by atoms with Gasteiger partial charge in [0, 0.05) is 6.42 Å². The molecule has 0 aliphatic rings. The molecule has 0 spiro atoms. The van der Waals surface area contributed by atoms with Crippen LogP contribution in [0.2, 0.25) is 0 Å². The van der Waals surface area contributed by atoms with Crippen LogP contribution in [-0.4, -0.2) is 23.5 Å². The number of ether oxygens (including phenoxy) is 1. The van der Waals surface area contributed by atoms with E-state index >= 15 is 0 Å². The third-order valence-corrected chi connectivity index (χ3v) is 5.06. The summed E-state index contributed by atoms with van der Waals surface area (Å²) in [6.07, 6.45) is 11.6. The van der Waals surface area contributed by atoms with Gasteiger partial charge in [0.1, 0.15) is 4.88 Å². The van der Waals surface area contributed by atoms with Crippen molar-refractivity contribution in [2.75, 3.05) is 11.9 Å². The molecule has 6 heteroatoms. The highest BCUT2D eigenvalue weighted by molar-refractivity contribution is 7.17. The largest absolute Gasteiger partial charge is 0.462 e. The van der Waals surface area contributed by atoms with Gasteiger partial charge in [-0.15, -0.1) is 0 Å². The lowest BCUT2D eigenvalue weighted by Gasteiger charge is -2.03. The van der Waals surface area contributed by atoms with Gasteiger partial charge in [-0.2, -0.15) is 0 Å². The van der Waals surface area contributed by atoms with Crippen LogP contribution >= 0.6 is 11.3 Å². The number of esters is 1. The van der Waals surface area contributed by atoms with Crippen LogP contribution < -0.4 is 5.32 Å². The molecule has 0 aliphatic heterocycles. The molecule has 0 unspecified atom stereocenters. The minimum atomic E-state index is -0.378. The number of nitrogens with one attached hydrogen (secondary N) is 1. The van der Waals surface area contributed by atoms with Crippen molar-refractivity contribution in [3.05, 3.63) is 10.6 Å². The highest BCUT2D eigenvalue weighted by Gasteiger charge is 2.17. The normalized spacial score (nSPS) is 10.7. The van der Waals surface area contributed by atoms with Crippen molar-refractivity contribution in [1.82, 2.24) is 4.98 Å². The predicted molar refractivity (Wildman–Crippen MR) is 103 cm³/mol. The summed E-state index contributed by atoms with van der Waals surface area (Å²) in [5.74, 6) is -0.413. The molecule has 0 saturated carbocycles. The van der Waals surface area contributed by atoms with Gasteiger partial charge < -0.3 is 10.1 Å². The molecule has 1 aromatic heterocycles.